The predicted molar refractivity (Wildman–Crippen MR) is 304 cm³/mol. The van der Waals surface area contributed by atoms with Crippen molar-refractivity contribution in [2.24, 2.45) is 0 Å². The van der Waals surface area contributed by atoms with Crippen LogP contribution >= 0.6 is 7.82 Å². The van der Waals surface area contributed by atoms with E-state index in [9.17, 15) is 19.4 Å². The number of rotatable bonds is 54. The zero-order valence-corrected chi connectivity index (χ0v) is 47.7. The number of hydrogen-bond donors (Lipinski definition) is 3. The van der Waals surface area contributed by atoms with Crippen molar-refractivity contribution >= 4 is 13.7 Å². The highest BCUT2D eigenvalue weighted by Gasteiger charge is 2.27. The Morgan fingerprint density at radius 1 is 0.486 bits per heavy atom. The predicted octanol–water partition coefficient (Wildman–Crippen LogP) is 18.1. The molecule has 0 rings (SSSR count). The average Bonchev–Trinajstić information content (AvgIpc) is 3.32. The van der Waals surface area contributed by atoms with Crippen LogP contribution in [0.3, 0.4) is 0 Å². The monoisotopic (exact) mass is 1000 g/mol. The van der Waals surface area contributed by atoms with Gasteiger partial charge < -0.3 is 19.8 Å². The second kappa shape index (κ2) is 52.1. The van der Waals surface area contributed by atoms with Gasteiger partial charge in [-0.05, 0) is 70.6 Å². The number of hydrogen-bond acceptors (Lipinski definition) is 5. The fourth-order valence-corrected chi connectivity index (χ4v) is 9.26. The second-order valence-electron chi connectivity index (χ2n) is 21.3. The molecule has 0 radical (unpaired) electrons. The lowest BCUT2D eigenvalue weighted by Crippen LogP contribution is -2.45. The molecule has 0 fully saturated rings. The Hall–Kier alpha value is -1.80. The van der Waals surface area contributed by atoms with Gasteiger partial charge >= 0.3 is 7.82 Å². The largest absolute Gasteiger partial charge is 0.472 e. The third-order valence-electron chi connectivity index (χ3n) is 13.2. The Balaban J connectivity index is 3.89. The maximum absolute atomic E-state index is 12.9. The van der Waals surface area contributed by atoms with Crippen molar-refractivity contribution in [3.05, 3.63) is 60.8 Å². The number of phosphoric acid groups is 1. The average molecular weight is 1000 g/mol. The molecule has 9 heteroatoms. The number of unbranched alkanes of at least 4 members (excludes halogenated alkanes) is 33. The van der Waals surface area contributed by atoms with Gasteiger partial charge in [0.1, 0.15) is 13.2 Å². The van der Waals surface area contributed by atoms with Crippen LogP contribution < -0.4 is 5.32 Å². The van der Waals surface area contributed by atoms with Gasteiger partial charge in [-0.2, -0.15) is 0 Å². The molecule has 0 aromatic rings. The molecule has 70 heavy (non-hydrogen) atoms. The van der Waals surface area contributed by atoms with Crippen LogP contribution in [0.1, 0.15) is 271 Å². The quantitative estimate of drug-likeness (QED) is 0.0243. The molecule has 0 saturated heterocycles. The summed E-state index contributed by atoms with van der Waals surface area (Å²) >= 11 is 0. The van der Waals surface area contributed by atoms with Gasteiger partial charge in [0.15, 0.2) is 0 Å². The normalized spacial score (nSPS) is 14.3. The number of amides is 1. The molecular weight excluding hydrogens is 888 g/mol. The number of likely N-dealkylation sites (N-methyl/N-ethyl adjacent to an activating group) is 1. The molecule has 0 aliphatic heterocycles. The van der Waals surface area contributed by atoms with Crippen LogP contribution in [0, 0.1) is 0 Å². The number of aliphatic hydroxyl groups excluding tert-OH is 1. The lowest BCUT2D eigenvalue weighted by molar-refractivity contribution is -0.870. The van der Waals surface area contributed by atoms with E-state index in [0.717, 1.165) is 57.8 Å². The zero-order chi connectivity index (χ0) is 51.3. The number of aliphatic hydroxyl groups is 1. The van der Waals surface area contributed by atoms with Crippen molar-refractivity contribution in [1.82, 2.24) is 5.32 Å². The molecule has 0 saturated carbocycles. The van der Waals surface area contributed by atoms with Gasteiger partial charge in [-0.25, -0.2) is 4.57 Å². The van der Waals surface area contributed by atoms with Crippen LogP contribution in [0.2, 0.25) is 0 Å². The topological polar surface area (TPSA) is 105 Å². The fraction of sp³-hybridized carbons (Fsp3) is 0.820. The molecule has 0 aliphatic carbocycles. The van der Waals surface area contributed by atoms with Crippen molar-refractivity contribution < 1.29 is 32.9 Å². The highest BCUT2D eigenvalue weighted by Crippen LogP contribution is 2.43. The summed E-state index contributed by atoms with van der Waals surface area (Å²) in [7, 11) is 1.55. The van der Waals surface area contributed by atoms with E-state index in [-0.39, 0.29) is 19.1 Å². The first-order valence-corrected chi connectivity index (χ1v) is 31.2. The number of carbonyl (C=O) groups is 1. The number of carbonyl (C=O) groups excluding carboxylic acids is 1. The van der Waals surface area contributed by atoms with Gasteiger partial charge in [0.2, 0.25) is 5.91 Å². The van der Waals surface area contributed by atoms with E-state index in [1.54, 1.807) is 6.08 Å². The summed E-state index contributed by atoms with van der Waals surface area (Å²) in [4.78, 5) is 23.2. The van der Waals surface area contributed by atoms with Crippen molar-refractivity contribution in [3.63, 3.8) is 0 Å². The Morgan fingerprint density at radius 3 is 1.27 bits per heavy atom. The Morgan fingerprint density at radius 2 is 0.857 bits per heavy atom. The SMILES string of the molecule is CCC/C=C/CC/C=C/CC/C=C/C(O)C(COP(=O)(O)OCC[N+](C)(C)C)NC(=O)CCCCCCCCCCCCCCCCCCCCCCCCCCC/C=C\C/C=C\CCCCCCC. The summed E-state index contributed by atoms with van der Waals surface area (Å²) in [6.07, 6.45) is 70.8. The molecule has 0 bridgehead atoms. The molecule has 410 valence electrons. The van der Waals surface area contributed by atoms with Gasteiger partial charge in [-0.1, -0.05) is 254 Å². The van der Waals surface area contributed by atoms with Gasteiger partial charge in [-0.3, -0.25) is 13.8 Å². The molecule has 3 atom stereocenters. The molecule has 1 amide bonds. The van der Waals surface area contributed by atoms with Gasteiger partial charge in [-0.15, -0.1) is 0 Å². The third kappa shape index (κ3) is 54.0. The molecule has 3 N–H and O–H groups in total. The highest BCUT2D eigenvalue weighted by atomic mass is 31.2. The summed E-state index contributed by atoms with van der Waals surface area (Å²) in [5.41, 5.74) is 0. The van der Waals surface area contributed by atoms with Crippen LogP contribution in [0.5, 0.6) is 0 Å². The lowest BCUT2D eigenvalue weighted by Gasteiger charge is -2.25. The molecule has 0 aliphatic rings. The first-order chi connectivity index (χ1) is 34.0. The minimum atomic E-state index is -4.35. The van der Waals surface area contributed by atoms with Crippen molar-refractivity contribution in [2.75, 3.05) is 40.9 Å². The standard InChI is InChI=1S/C61H115N2O6P/c1-6-8-10-12-14-16-18-19-20-21-22-23-24-25-26-27-28-29-30-31-32-33-34-35-36-37-38-39-40-41-42-43-45-47-49-51-53-55-61(65)62-59(58-69-70(66,67)68-57-56-63(3,4)5)60(64)54-52-50-48-46-44-17-15-13-11-9-7-2/h11,13,18-19,21-22,44,46,52,54,59-60,64H,6-10,12,14-17,20,23-43,45,47-51,53,55-58H2,1-5H3,(H-,62,65,66,67)/p+1/b13-11+,19-18-,22-21-,46-44+,54-52+. The molecule has 0 spiro atoms. The van der Waals surface area contributed by atoms with E-state index in [4.69, 9.17) is 9.05 Å². The van der Waals surface area contributed by atoms with Crippen molar-refractivity contribution in [1.29, 1.82) is 0 Å². The van der Waals surface area contributed by atoms with E-state index in [1.807, 2.05) is 27.2 Å². The Bertz CT molecular complexity index is 1320. The molecule has 0 heterocycles. The Kier molecular flexibility index (Phi) is 50.7. The van der Waals surface area contributed by atoms with E-state index >= 15 is 0 Å². The molecule has 0 aromatic carbocycles. The number of nitrogens with zero attached hydrogens (tertiary/aromatic N) is 1. The summed E-state index contributed by atoms with van der Waals surface area (Å²) in [6, 6.07) is -0.868. The summed E-state index contributed by atoms with van der Waals surface area (Å²) < 4.78 is 23.6. The first kappa shape index (κ1) is 68.2. The van der Waals surface area contributed by atoms with Gasteiger partial charge in [0.25, 0.3) is 0 Å². The summed E-state index contributed by atoms with van der Waals surface area (Å²) in [5, 5.41) is 13.8. The van der Waals surface area contributed by atoms with E-state index < -0.39 is 20.0 Å². The van der Waals surface area contributed by atoms with Crippen molar-refractivity contribution in [2.45, 2.75) is 283 Å². The minimum absolute atomic E-state index is 0.0532. The minimum Gasteiger partial charge on any atom is -0.387 e. The van der Waals surface area contributed by atoms with Crippen LogP contribution in [-0.2, 0) is 18.4 Å². The maximum Gasteiger partial charge on any atom is 0.472 e. The smallest absolute Gasteiger partial charge is 0.387 e. The number of nitrogens with one attached hydrogen (secondary N) is 1. The number of quaternary nitrogens is 1. The van der Waals surface area contributed by atoms with Gasteiger partial charge in [0, 0.05) is 6.42 Å². The summed E-state index contributed by atoms with van der Waals surface area (Å²) in [6.45, 7) is 4.71. The lowest BCUT2D eigenvalue weighted by atomic mass is 10.0. The number of phosphoric ester groups is 1. The zero-order valence-electron chi connectivity index (χ0n) is 46.8. The van der Waals surface area contributed by atoms with E-state index in [0.29, 0.717) is 17.4 Å². The van der Waals surface area contributed by atoms with Crippen LogP contribution in [0.15, 0.2) is 60.8 Å². The summed E-state index contributed by atoms with van der Waals surface area (Å²) in [5.74, 6) is -0.190. The van der Waals surface area contributed by atoms with Crippen LogP contribution in [0.4, 0.5) is 0 Å². The number of allylic oxidation sites excluding steroid dienone is 9. The second-order valence-corrected chi connectivity index (χ2v) is 22.8. The van der Waals surface area contributed by atoms with E-state index in [2.05, 4.69) is 67.8 Å². The van der Waals surface area contributed by atoms with Crippen molar-refractivity contribution in [3.8, 4) is 0 Å². The third-order valence-corrected chi connectivity index (χ3v) is 14.2. The van der Waals surface area contributed by atoms with Crippen LogP contribution in [-0.4, -0.2) is 73.4 Å². The highest BCUT2D eigenvalue weighted by molar-refractivity contribution is 7.47. The van der Waals surface area contributed by atoms with Crippen LogP contribution in [0.25, 0.3) is 0 Å². The van der Waals surface area contributed by atoms with Gasteiger partial charge in [0.05, 0.1) is 39.9 Å². The van der Waals surface area contributed by atoms with E-state index in [1.165, 1.54) is 193 Å². The molecule has 8 nitrogen and oxygen atoms in total. The first-order valence-electron chi connectivity index (χ1n) is 29.7. The fourth-order valence-electron chi connectivity index (χ4n) is 8.53. The molecular formula is C61H116N2O6P+. The maximum atomic E-state index is 12.9. The Labute approximate surface area is 434 Å². The molecule has 0 aromatic heterocycles. The molecule has 3 unspecified atom stereocenters.